The van der Waals surface area contributed by atoms with Crippen LogP contribution in [0.1, 0.15) is 32.2 Å². The molecular weight excluding hydrogens is 394 g/mol. The molecule has 0 spiro atoms. The van der Waals surface area contributed by atoms with Crippen molar-refractivity contribution in [1.82, 2.24) is 29.9 Å². The molecule has 0 fully saturated rings. The molecule has 10 heteroatoms. The molecule has 3 heterocycles. The number of nitrogens with zero attached hydrogens (tertiary/aromatic N) is 6. The number of thioether (sulfide) groups is 1. The summed E-state index contributed by atoms with van der Waals surface area (Å²) in [4.78, 5) is 16.4. The minimum absolute atomic E-state index is 0.131. The maximum absolute atomic E-state index is 12.3. The van der Waals surface area contributed by atoms with Crippen LogP contribution in [0.3, 0.4) is 0 Å². The Balaban J connectivity index is 1.67. The summed E-state index contributed by atoms with van der Waals surface area (Å²) in [6.07, 6.45) is 5.35. The molecule has 0 atom stereocenters. The first-order valence-electron chi connectivity index (χ1n) is 9.15. The Kier molecular flexibility index (Phi) is 7.10. The lowest BCUT2D eigenvalue weighted by Crippen LogP contribution is -2.15. The van der Waals surface area contributed by atoms with Crippen LogP contribution in [0.15, 0.2) is 29.7 Å². The minimum Gasteiger partial charge on any atom is -0.302 e. The fraction of sp³-hybridized carbons (Fsp3) is 0.444. The molecule has 3 rings (SSSR count). The van der Waals surface area contributed by atoms with Crippen molar-refractivity contribution in [2.45, 2.75) is 45.3 Å². The van der Waals surface area contributed by atoms with E-state index >= 15 is 0 Å². The highest BCUT2D eigenvalue weighted by Crippen LogP contribution is 2.25. The fourth-order valence-corrected chi connectivity index (χ4v) is 4.15. The molecular formula is C18H23N7OS2. The minimum atomic E-state index is -0.131. The molecule has 0 saturated heterocycles. The molecule has 3 aromatic rings. The lowest BCUT2D eigenvalue weighted by Gasteiger charge is -2.12. The molecule has 1 N–H and O–H groups in total. The number of nitrogens with one attached hydrogen (secondary N) is 1. The van der Waals surface area contributed by atoms with Gasteiger partial charge in [0.05, 0.1) is 5.75 Å². The largest absolute Gasteiger partial charge is 0.302 e. The number of rotatable bonds is 9. The molecule has 0 bridgehead atoms. The van der Waals surface area contributed by atoms with Crippen LogP contribution >= 0.6 is 23.1 Å². The van der Waals surface area contributed by atoms with Gasteiger partial charge in [0.25, 0.3) is 0 Å². The zero-order valence-electron chi connectivity index (χ0n) is 16.1. The van der Waals surface area contributed by atoms with Crippen LogP contribution in [0.2, 0.25) is 0 Å². The van der Waals surface area contributed by atoms with Crippen LogP contribution in [0, 0.1) is 5.92 Å². The number of carbonyl (C=O) groups is 1. The number of anilines is 1. The predicted octanol–water partition coefficient (Wildman–Crippen LogP) is 3.53. The van der Waals surface area contributed by atoms with Crippen molar-refractivity contribution < 1.29 is 4.79 Å². The van der Waals surface area contributed by atoms with E-state index in [9.17, 15) is 4.79 Å². The molecule has 0 radical (unpaired) electrons. The smallest absolute Gasteiger partial charge is 0.236 e. The molecule has 0 unspecified atom stereocenters. The number of amides is 1. The van der Waals surface area contributed by atoms with Gasteiger partial charge in [0, 0.05) is 30.9 Å². The van der Waals surface area contributed by atoms with Crippen LogP contribution < -0.4 is 5.32 Å². The van der Waals surface area contributed by atoms with Gasteiger partial charge in [0.1, 0.15) is 5.01 Å². The third kappa shape index (κ3) is 5.35. The summed E-state index contributed by atoms with van der Waals surface area (Å²) in [7, 11) is 0. The second kappa shape index (κ2) is 9.74. The Morgan fingerprint density at radius 2 is 2.00 bits per heavy atom. The van der Waals surface area contributed by atoms with Gasteiger partial charge in [0.2, 0.25) is 11.0 Å². The maximum atomic E-state index is 12.3. The third-order valence-corrected chi connectivity index (χ3v) is 5.58. The van der Waals surface area contributed by atoms with Crippen molar-refractivity contribution in [2.75, 3.05) is 11.1 Å². The quantitative estimate of drug-likeness (QED) is 0.532. The molecule has 28 heavy (non-hydrogen) atoms. The van der Waals surface area contributed by atoms with Gasteiger partial charge in [-0.25, -0.2) is 0 Å². The van der Waals surface area contributed by atoms with Crippen LogP contribution in [0.5, 0.6) is 0 Å². The third-order valence-electron chi connectivity index (χ3n) is 3.71. The van der Waals surface area contributed by atoms with E-state index in [1.807, 2.05) is 12.1 Å². The zero-order valence-corrected chi connectivity index (χ0v) is 17.8. The van der Waals surface area contributed by atoms with E-state index in [4.69, 9.17) is 0 Å². The molecule has 0 aliphatic rings. The lowest BCUT2D eigenvalue weighted by molar-refractivity contribution is -0.113. The topological polar surface area (TPSA) is 98.5 Å². The molecule has 0 aliphatic carbocycles. The van der Waals surface area contributed by atoms with E-state index in [0.29, 0.717) is 11.0 Å². The number of hydrogen-bond donors (Lipinski definition) is 1. The van der Waals surface area contributed by atoms with Gasteiger partial charge in [-0.3, -0.25) is 15.1 Å². The highest BCUT2D eigenvalue weighted by molar-refractivity contribution is 7.99. The second-order valence-electron chi connectivity index (χ2n) is 6.63. The predicted molar refractivity (Wildman–Crippen MR) is 111 cm³/mol. The first kappa shape index (κ1) is 20.4. The number of pyridine rings is 1. The zero-order chi connectivity index (χ0) is 19.9. The Bertz CT molecular complexity index is 908. The molecule has 8 nitrogen and oxygen atoms in total. The Morgan fingerprint density at radius 1 is 1.21 bits per heavy atom. The summed E-state index contributed by atoms with van der Waals surface area (Å²) in [6, 6.07) is 3.82. The summed E-state index contributed by atoms with van der Waals surface area (Å²) in [5.41, 5.74) is 0.955. The molecule has 3 aromatic heterocycles. The summed E-state index contributed by atoms with van der Waals surface area (Å²) >= 11 is 2.78. The van der Waals surface area contributed by atoms with E-state index < -0.39 is 0 Å². The van der Waals surface area contributed by atoms with Gasteiger partial charge < -0.3 is 4.57 Å². The van der Waals surface area contributed by atoms with E-state index in [2.05, 4.69) is 56.0 Å². The van der Waals surface area contributed by atoms with Gasteiger partial charge in [-0.1, -0.05) is 43.9 Å². The number of aryl methyl sites for hydroxylation is 1. The number of carbonyl (C=O) groups excluding carboxylic acids is 1. The standard InChI is InChI=1S/C18H23N7OS2/c1-4-5-15-21-23-17(28-15)20-14(26)11-27-18-24-22-16(25(18)10-12(2)3)13-6-8-19-9-7-13/h6-9,12H,4-5,10-11H2,1-3H3,(H,20,23,26). The summed E-state index contributed by atoms with van der Waals surface area (Å²) in [5.74, 6) is 1.30. The van der Waals surface area contributed by atoms with Crippen molar-refractivity contribution in [1.29, 1.82) is 0 Å². The molecule has 0 saturated carbocycles. The van der Waals surface area contributed by atoms with Crippen molar-refractivity contribution in [3.63, 3.8) is 0 Å². The van der Waals surface area contributed by atoms with Crippen LogP contribution in [-0.4, -0.2) is 41.6 Å². The highest BCUT2D eigenvalue weighted by Gasteiger charge is 2.17. The Hall–Kier alpha value is -2.33. The first-order valence-corrected chi connectivity index (χ1v) is 11.0. The average Bonchev–Trinajstić information content (AvgIpc) is 3.27. The van der Waals surface area contributed by atoms with Crippen LogP contribution in [0.25, 0.3) is 11.4 Å². The van der Waals surface area contributed by atoms with E-state index in [1.165, 1.54) is 23.1 Å². The van der Waals surface area contributed by atoms with Crippen molar-refractivity contribution in [3.8, 4) is 11.4 Å². The average molecular weight is 418 g/mol. The summed E-state index contributed by atoms with van der Waals surface area (Å²) in [5, 5.41) is 21.7. The van der Waals surface area contributed by atoms with Gasteiger partial charge in [-0.15, -0.1) is 20.4 Å². The Morgan fingerprint density at radius 3 is 2.71 bits per heavy atom. The first-order chi connectivity index (χ1) is 13.6. The SMILES string of the molecule is CCCc1nnc(NC(=O)CSc2nnc(-c3ccncc3)n2CC(C)C)s1. The normalized spacial score (nSPS) is 11.1. The molecule has 0 aliphatic heterocycles. The molecule has 148 valence electrons. The number of aromatic nitrogens is 6. The van der Waals surface area contributed by atoms with Gasteiger partial charge >= 0.3 is 0 Å². The molecule has 0 aromatic carbocycles. The summed E-state index contributed by atoms with van der Waals surface area (Å²) in [6.45, 7) is 7.14. The lowest BCUT2D eigenvalue weighted by atomic mass is 10.2. The summed E-state index contributed by atoms with van der Waals surface area (Å²) < 4.78 is 2.06. The fourth-order valence-electron chi connectivity index (χ4n) is 2.54. The van der Waals surface area contributed by atoms with Crippen LogP contribution in [-0.2, 0) is 17.8 Å². The molecule has 1 amide bonds. The number of hydrogen-bond acceptors (Lipinski definition) is 8. The second-order valence-corrected chi connectivity index (χ2v) is 8.64. The van der Waals surface area contributed by atoms with Gasteiger partial charge in [-0.2, -0.15) is 0 Å². The monoisotopic (exact) mass is 417 g/mol. The van der Waals surface area contributed by atoms with Crippen molar-refractivity contribution in [2.24, 2.45) is 5.92 Å². The van der Waals surface area contributed by atoms with Gasteiger partial charge in [-0.05, 0) is 24.5 Å². The maximum Gasteiger partial charge on any atom is 0.236 e. The van der Waals surface area contributed by atoms with Crippen LogP contribution in [0.4, 0.5) is 5.13 Å². The van der Waals surface area contributed by atoms with Crippen molar-refractivity contribution >= 4 is 34.1 Å². The highest BCUT2D eigenvalue weighted by atomic mass is 32.2. The van der Waals surface area contributed by atoms with Gasteiger partial charge in [0.15, 0.2) is 11.0 Å². The van der Waals surface area contributed by atoms with E-state index in [1.54, 1.807) is 12.4 Å². The Labute approximate surface area is 172 Å². The van der Waals surface area contributed by atoms with Crippen molar-refractivity contribution in [3.05, 3.63) is 29.5 Å². The van der Waals surface area contributed by atoms with E-state index in [-0.39, 0.29) is 11.7 Å². The van der Waals surface area contributed by atoms with E-state index in [0.717, 1.165) is 40.9 Å².